The molecule has 104 valence electrons. The Morgan fingerprint density at radius 2 is 1.84 bits per heavy atom. The third-order valence-corrected chi connectivity index (χ3v) is 4.46. The summed E-state index contributed by atoms with van der Waals surface area (Å²) in [5.74, 6) is 1.01. The third kappa shape index (κ3) is 3.68. The number of aryl methyl sites for hydroxylation is 2. The molecule has 0 heterocycles. The van der Waals surface area contributed by atoms with Crippen LogP contribution in [0.4, 0.5) is 0 Å². The van der Waals surface area contributed by atoms with Gasteiger partial charge in [0.05, 0.1) is 0 Å². The van der Waals surface area contributed by atoms with E-state index in [-0.39, 0.29) is 0 Å². The molecule has 1 aromatic carbocycles. The number of benzene rings is 1. The molecule has 19 heavy (non-hydrogen) atoms. The Labute approximate surface area is 117 Å². The van der Waals surface area contributed by atoms with Crippen molar-refractivity contribution in [1.29, 1.82) is 0 Å². The first kappa shape index (κ1) is 14.3. The highest BCUT2D eigenvalue weighted by molar-refractivity contribution is 5.97. The molecule has 1 heteroatoms. The maximum absolute atomic E-state index is 12.6. The second kappa shape index (κ2) is 6.88. The Balaban J connectivity index is 2.12. The van der Waals surface area contributed by atoms with Crippen LogP contribution in [0, 0.1) is 5.92 Å². The zero-order chi connectivity index (χ0) is 13.7. The van der Waals surface area contributed by atoms with E-state index in [0.29, 0.717) is 11.7 Å². The highest BCUT2D eigenvalue weighted by Gasteiger charge is 2.19. The van der Waals surface area contributed by atoms with Crippen molar-refractivity contribution in [3.8, 4) is 0 Å². The Morgan fingerprint density at radius 1 is 1.11 bits per heavy atom. The van der Waals surface area contributed by atoms with Crippen LogP contribution in [0.1, 0.15) is 73.9 Å². The van der Waals surface area contributed by atoms with Crippen molar-refractivity contribution in [3.63, 3.8) is 0 Å². The number of rotatable bonds is 5. The van der Waals surface area contributed by atoms with Crippen molar-refractivity contribution in [2.75, 3.05) is 0 Å². The summed E-state index contributed by atoms with van der Waals surface area (Å²) in [5, 5.41) is 0. The Bertz CT molecular complexity index is 427. The maximum Gasteiger partial charge on any atom is 0.163 e. The smallest absolute Gasteiger partial charge is 0.163 e. The predicted molar refractivity (Wildman–Crippen MR) is 80.7 cm³/mol. The Hall–Kier alpha value is -1.11. The van der Waals surface area contributed by atoms with Crippen molar-refractivity contribution in [3.05, 3.63) is 34.9 Å². The van der Waals surface area contributed by atoms with Crippen LogP contribution in [0.5, 0.6) is 0 Å². The van der Waals surface area contributed by atoms with Gasteiger partial charge < -0.3 is 0 Å². The highest BCUT2D eigenvalue weighted by Crippen LogP contribution is 2.28. The van der Waals surface area contributed by atoms with E-state index >= 15 is 0 Å². The van der Waals surface area contributed by atoms with Crippen LogP contribution in [0.15, 0.2) is 18.2 Å². The van der Waals surface area contributed by atoms with Crippen molar-refractivity contribution in [2.24, 2.45) is 5.92 Å². The molecule has 0 saturated heterocycles. The van der Waals surface area contributed by atoms with Crippen LogP contribution in [0.3, 0.4) is 0 Å². The van der Waals surface area contributed by atoms with Crippen LogP contribution >= 0.6 is 0 Å². The summed E-state index contributed by atoms with van der Waals surface area (Å²) in [4.78, 5) is 12.6. The van der Waals surface area contributed by atoms with Gasteiger partial charge in [0.2, 0.25) is 0 Å². The lowest BCUT2D eigenvalue weighted by Crippen LogP contribution is -2.13. The quantitative estimate of drug-likeness (QED) is 0.682. The average Bonchev–Trinajstić information content (AvgIpc) is 2.47. The van der Waals surface area contributed by atoms with E-state index in [4.69, 9.17) is 0 Å². The van der Waals surface area contributed by atoms with Crippen molar-refractivity contribution in [2.45, 2.75) is 65.2 Å². The molecular weight excluding hydrogens is 232 g/mol. The molecule has 0 aromatic heterocycles. The van der Waals surface area contributed by atoms with Crippen LogP contribution in [0.2, 0.25) is 0 Å². The van der Waals surface area contributed by atoms with E-state index < -0.39 is 0 Å². The Kier molecular flexibility index (Phi) is 5.18. The van der Waals surface area contributed by atoms with Gasteiger partial charge in [0.1, 0.15) is 0 Å². The number of ketones is 1. The minimum Gasteiger partial charge on any atom is -0.294 e. The normalized spacial score (nSPS) is 16.5. The lowest BCUT2D eigenvalue weighted by atomic mass is 9.84. The van der Waals surface area contributed by atoms with Gasteiger partial charge >= 0.3 is 0 Å². The minimum absolute atomic E-state index is 0.374. The summed E-state index contributed by atoms with van der Waals surface area (Å²) in [7, 11) is 0. The predicted octanol–water partition coefficient (Wildman–Crippen LogP) is 4.96. The maximum atomic E-state index is 12.6. The van der Waals surface area contributed by atoms with Gasteiger partial charge in [0.25, 0.3) is 0 Å². The van der Waals surface area contributed by atoms with Crippen LogP contribution < -0.4 is 0 Å². The molecule has 0 spiro atoms. The molecule has 2 rings (SSSR count). The Morgan fingerprint density at radius 3 is 2.47 bits per heavy atom. The van der Waals surface area contributed by atoms with Crippen molar-refractivity contribution in [1.82, 2.24) is 0 Å². The molecule has 1 fully saturated rings. The lowest BCUT2D eigenvalue weighted by molar-refractivity contribution is 0.0949. The summed E-state index contributed by atoms with van der Waals surface area (Å²) in [6.07, 6.45) is 9.21. The molecule has 0 unspecified atom stereocenters. The molecule has 1 nitrogen and oxygen atoms in total. The molecule has 1 aliphatic rings. The summed E-state index contributed by atoms with van der Waals surface area (Å²) in [6.45, 7) is 4.29. The summed E-state index contributed by atoms with van der Waals surface area (Å²) >= 11 is 0. The first-order valence-corrected chi connectivity index (χ1v) is 7.89. The molecular formula is C18H26O. The van der Waals surface area contributed by atoms with Gasteiger partial charge in [-0.25, -0.2) is 0 Å². The van der Waals surface area contributed by atoms with E-state index in [2.05, 4.69) is 32.0 Å². The van der Waals surface area contributed by atoms with Gasteiger partial charge in [-0.15, -0.1) is 0 Å². The molecule has 1 aliphatic carbocycles. The number of hydrogen-bond acceptors (Lipinski definition) is 1. The fourth-order valence-corrected chi connectivity index (χ4v) is 3.17. The van der Waals surface area contributed by atoms with Gasteiger partial charge in [-0.05, 0) is 36.0 Å². The number of carbonyl (C=O) groups is 1. The van der Waals surface area contributed by atoms with Crippen molar-refractivity contribution >= 4 is 5.78 Å². The SMILES string of the molecule is CCc1ccc(CC)c(C(=O)CC2CCCCC2)c1. The van der Waals surface area contributed by atoms with E-state index in [0.717, 1.165) is 24.8 Å². The third-order valence-electron chi connectivity index (χ3n) is 4.46. The van der Waals surface area contributed by atoms with Gasteiger partial charge in [-0.3, -0.25) is 4.79 Å². The first-order valence-electron chi connectivity index (χ1n) is 7.89. The van der Waals surface area contributed by atoms with E-state index in [1.165, 1.54) is 43.2 Å². The van der Waals surface area contributed by atoms with Crippen molar-refractivity contribution < 1.29 is 4.79 Å². The number of hydrogen-bond donors (Lipinski definition) is 0. The molecule has 0 bridgehead atoms. The molecule has 0 radical (unpaired) electrons. The van der Waals surface area contributed by atoms with E-state index in [1.54, 1.807) is 0 Å². The molecule has 0 atom stereocenters. The van der Waals surface area contributed by atoms with Gasteiger partial charge in [-0.2, -0.15) is 0 Å². The lowest BCUT2D eigenvalue weighted by Gasteiger charge is -2.21. The summed E-state index contributed by atoms with van der Waals surface area (Å²) in [5.41, 5.74) is 3.50. The second-order valence-corrected chi connectivity index (χ2v) is 5.83. The fourth-order valence-electron chi connectivity index (χ4n) is 3.17. The average molecular weight is 258 g/mol. The van der Waals surface area contributed by atoms with E-state index in [9.17, 15) is 4.79 Å². The van der Waals surface area contributed by atoms with Gasteiger partial charge in [-0.1, -0.05) is 58.1 Å². The topological polar surface area (TPSA) is 17.1 Å². The minimum atomic E-state index is 0.374. The molecule has 1 saturated carbocycles. The van der Waals surface area contributed by atoms with Crippen LogP contribution in [-0.4, -0.2) is 5.78 Å². The largest absolute Gasteiger partial charge is 0.294 e. The van der Waals surface area contributed by atoms with Gasteiger partial charge in [0.15, 0.2) is 5.78 Å². The number of carbonyl (C=O) groups excluding carboxylic acids is 1. The second-order valence-electron chi connectivity index (χ2n) is 5.83. The molecule has 0 amide bonds. The van der Waals surface area contributed by atoms with Crippen LogP contribution in [0.25, 0.3) is 0 Å². The molecule has 0 aliphatic heterocycles. The molecule has 0 N–H and O–H groups in total. The first-order chi connectivity index (χ1) is 9.24. The van der Waals surface area contributed by atoms with Crippen LogP contribution in [-0.2, 0) is 12.8 Å². The monoisotopic (exact) mass is 258 g/mol. The zero-order valence-corrected chi connectivity index (χ0v) is 12.4. The fraction of sp³-hybridized carbons (Fsp3) is 0.611. The highest BCUT2D eigenvalue weighted by atomic mass is 16.1. The standard InChI is InChI=1S/C18H26O/c1-3-14-10-11-16(4-2)17(12-14)18(19)13-15-8-6-5-7-9-15/h10-12,15H,3-9,13H2,1-2H3. The zero-order valence-electron chi connectivity index (χ0n) is 12.4. The summed E-state index contributed by atoms with van der Waals surface area (Å²) in [6, 6.07) is 6.44. The van der Waals surface area contributed by atoms with Gasteiger partial charge in [0, 0.05) is 12.0 Å². The molecule has 1 aromatic rings. The summed E-state index contributed by atoms with van der Waals surface area (Å²) < 4.78 is 0. The number of Topliss-reactive ketones (excluding diaryl/α,β-unsaturated/α-hetero) is 1. The van der Waals surface area contributed by atoms with E-state index in [1.807, 2.05) is 0 Å².